The van der Waals surface area contributed by atoms with Crippen LogP contribution in [-0.4, -0.2) is 37.0 Å². The molecular formula is C18H18N4O4. The fraction of sp³-hybridized carbons (Fsp3) is 0.278. The SMILES string of the molecule is C#CCn1c(=O)c2c(nc(-c3cccc(OCCO)c3)n2C)n(C)c1=O. The molecular weight excluding hydrogens is 336 g/mol. The highest BCUT2D eigenvalue weighted by atomic mass is 16.5. The molecule has 0 saturated carbocycles. The van der Waals surface area contributed by atoms with Crippen LogP contribution in [0.25, 0.3) is 22.6 Å². The van der Waals surface area contributed by atoms with E-state index in [9.17, 15) is 9.59 Å². The number of rotatable bonds is 5. The van der Waals surface area contributed by atoms with Gasteiger partial charge in [0.25, 0.3) is 5.56 Å². The zero-order chi connectivity index (χ0) is 18.8. The van der Waals surface area contributed by atoms with E-state index in [4.69, 9.17) is 16.3 Å². The lowest BCUT2D eigenvalue weighted by Gasteiger charge is -2.07. The van der Waals surface area contributed by atoms with Crippen LogP contribution in [0.3, 0.4) is 0 Å². The van der Waals surface area contributed by atoms with Gasteiger partial charge in [-0.15, -0.1) is 6.42 Å². The number of ether oxygens (including phenoxy) is 1. The highest BCUT2D eigenvalue weighted by Gasteiger charge is 2.19. The fourth-order valence-electron chi connectivity index (χ4n) is 2.82. The number of fused-ring (bicyclic) bond motifs is 1. The van der Waals surface area contributed by atoms with Crippen molar-refractivity contribution in [3.8, 4) is 29.5 Å². The van der Waals surface area contributed by atoms with Gasteiger partial charge in [0.2, 0.25) is 0 Å². The number of imidazole rings is 1. The van der Waals surface area contributed by atoms with Crippen molar-refractivity contribution in [2.75, 3.05) is 13.2 Å². The van der Waals surface area contributed by atoms with Gasteiger partial charge in [-0.2, -0.15) is 0 Å². The normalized spacial score (nSPS) is 10.8. The van der Waals surface area contributed by atoms with Crippen molar-refractivity contribution in [1.82, 2.24) is 18.7 Å². The van der Waals surface area contributed by atoms with Crippen molar-refractivity contribution in [3.63, 3.8) is 0 Å². The Morgan fingerprint density at radius 2 is 2.04 bits per heavy atom. The molecule has 0 aliphatic rings. The maximum absolute atomic E-state index is 12.7. The predicted octanol–water partition coefficient (Wildman–Crippen LogP) is 0.105. The first-order valence-electron chi connectivity index (χ1n) is 7.93. The van der Waals surface area contributed by atoms with E-state index in [1.807, 2.05) is 6.07 Å². The molecule has 3 aromatic rings. The van der Waals surface area contributed by atoms with Crippen LogP contribution in [0, 0.1) is 12.3 Å². The van der Waals surface area contributed by atoms with Gasteiger partial charge >= 0.3 is 5.69 Å². The third-order valence-corrected chi connectivity index (χ3v) is 4.06. The standard InChI is InChI=1S/C18H18N4O4/c1-4-8-22-17(24)14-16(21(3)18(22)25)19-15(20(14)2)12-6-5-7-13(11-12)26-10-9-23/h1,5-7,11,23H,8-10H2,2-3H3. The second-order valence-corrected chi connectivity index (χ2v) is 5.70. The van der Waals surface area contributed by atoms with Crippen molar-refractivity contribution < 1.29 is 9.84 Å². The first kappa shape index (κ1) is 17.5. The molecule has 2 heterocycles. The lowest BCUT2D eigenvalue weighted by Crippen LogP contribution is -2.39. The molecule has 8 nitrogen and oxygen atoms in total. The van der Waals surface area contributed by atoms with Crippen LogP contribution in [0.15, 0.2) is 33.9 Å². The number of terminal acetylenes is 1. The second-order valence-electron chi connectivity index (χ2n) is 5.70. The quantitative estimate of drug-likeness (QED) is 0.657. The predicted molar refractivity (Wildman–Crippen MR) is 97.1 cm³/mol. The molecule has 1 N–H and O–H groups in total. The summed E-state index contributed by atoms with van der Waals surface area (Å²) >= 11 is 0. The average molecular weight is 354 g/mol. The fourth-order valence-corrected chi connectivity index (χ4v) is 2.82. The zero-order valence-electron chi connectivity index (χ0n) is 14.5. The summed E-state index contributed by atoms with van der Waals surface area (Å²) in [4.78, 5) is 29.5. The van der Waals surface area contributed by atoms with E-state index in [2.05, 4.69) is 10.9 Å². The second kappa shape index (κ2) is 6.90. The van der Waals surface area contributed by atoms with E-state index in [0.29, 0.717) is 17.1 Å². The molecule has 0 aliphatic carbocycles. The van der Waals surface area contributed by atoms with E-state index >= 15 is 0 Å². The number of aliphatic hydroxyl groups is 1. The topological polar surface area (TPSA) is 91.3 Å². The smallest absolute Gasteiger partial charge is 0.333 e. The van der Waals surface area contributed by atoms with Crippen molar-refractivity contribution in [2.45, 2.75) is 6.54 Å². The lowest BCUT2D eigenvalue weighted by molar-refractivity contribution is 0.201. The van der Waals surface area contributed by atoms with Crippen molar-refractivity contribution >= 4 is 11.2 Å². The minimum absolute atomic E-state index is 0.0899. The highest BCUT2D eigenvalue weighted by Crippen LogP contribution is 2.24. The minimum Gasteiger partial charge on any atom is -0.491 e. The number of aromatic nitrogens is 4. The van der Waals surface area contributed by atoms with Gasteiger partial charge in [0.1, 0.15) is 18.2 Å². The van der Waals surface area contributed by atoms with Gasteiger partial charge in [-0.3, -0.25) is 9.36 Å². The third-order valence-electron chi connectivity index (χ3n) is 4.06. The maximum atomic E-state index is 12.7. The highest BCUT2D eigenvalue weighted by molar-refractivity contribution is 5.77. The average Bonchev–Trinajstić information content (AvgIpc) is 2.99. The summed E-state index contributed by atoms with van der Waals surface area (Å²) in [5.41, 5.74) is 0.307. The molecule has 3 rings (SSSR count). The molecule has 0 aliphatic heterocycles. The largest absolute Gasteiger partial charge is 0.491 e. The number of benzene rings is 1. The van der Waals surface area contributed by atoms with E-state index in [1.54, 1.807) is 36.9 Å². The zero-order valence-corrected chi connectivity index (χ0v) is 14.5. The molecule has 0 bridgehead atoms. The van der Waals surface area contributed by atoms with E-state index < -0.39 is 11.2 Å². The van der Waals surface area contributed by atoms with Crippen LogP contribution in [0.4, 0.5) is 0 Å². The van der Waals surface area contributed by atoms with Crippen molar-refractivity contribution in [3.05, 3.63) is 45.1 Å². The third kappa shape index (κ3) is 2.78. The lowest BCUT2D eigenvalue weighted by atomic mass is 10.2. The van der Waals surface area contributed by atoms with Gasteiger partial charge in [0, 0.05) is 19.7 Å². The van der Waals surface area contributed by atoms with Crippen LogP contribution in [0.5, 0.6) is 5.75 Å². The summed E-state index contributed by atoms with van der Waals surface area (Å²) in [6.45, 7) is -0.0168. The molecule has 134 valence electrons. The molecule has 0 atom stereocenters. The molecule has 26 heavy (non-hydrogen) atoms. The molecule has 0 fully saturated rings. The van der Waals surface area contributed by atoms with Crippen LogP contribution in [0.1, 0.15) is 0 Å². The van der Waals surface area contributed by atoms with Gasteiger partial charge in [-0.05, 0) is 12.1 Å². The Bertz CT molecular complexity index is 1130. The van der Waals surface area contributed by atoms with Gasteiger partial charge in [0.05, 0.1) is 13.2 Å². The summed E-state index contributed by atoms with van der Waals surface area (Å²) in [5.74, 6) is 3.41. The minimum atomic E-state index is -0.509. The Kier molecular flexibility index (Phi) is 4.65. The van der Waals surface area contributed by atoms with Crippen molar-refractivity contribution in [1.29, 1.82) is 0 Å². The van der Waals surface area contributed by atoms with Crippen LogP contribution in [-0.2, 0) is 20.6 Å². The van der Waals surface area contributed by atoms with Gasteiger partial charge in [-0.1, -0.05) is 18.1 Å². The summed E-state index contributed by atoms with van der Waals surface area (Å²) in [6, 6.07) is 7.13. The first-order chi connectivity index (χ1) is 12.5. The summed E-state index contributed by atoms with van der Waals surface area (Å²) in [7, 11) is 3.26. The molecule has 0 spiro atoms. The number of hydrogen-bond donors (Lipinski definition) is 1. The number of nitrogens with zero attached hydrogens (tertiary/aromatic N) is 4. The number of aryl methyl sites for hydroxylation is 2. The molecule has 8 heteroatoms. The summed E-state index contributed by atoms with van der Waals surface area (Å²) < 4.78 is 9.37. The Morgan fingerprint density at radius 1 is 1.27 bits per heavy atom. The molecule has 0 amide bonds. The van der Waals surface area contributed by atoms with E-state index in [1.165, 1.54) is 4.57 Å². The molecule has 2 aromatic heterocycles. The summed E-state index contributed by atoms with van der Waals surface area (Å²) in [5, 5.41) is 8.89. The molecule has 0 radical (unpaired) electrons. The van der Waals surface area contributed by atoms with E-state index in [0.717, 1.165) is 10.1 Å². The first-order valence-corrected chi connectivity index (χ1v) is 7.93. The van der Waals surface area contributed by atoms with Crippen molar-refractivity contribution in [2.24, 2.45) is 14.1 Å². The van der Waals surface area contributed by atoms with Crippen LogP contribution in [0.2, 0.25) is 0 Å². The van der Waals surface area contributed by atoms with Crippen LogP contribution >= 0.6 is 0 Å². The Hall–Kier alpha value is -3.31. The Labute approximate surface area is 148 Å². The summed E-state index contributed by atoms with van der Waals surface area (Å²) in [6.07, 6.45) is 5.27. The number of hydrogen-bond acceptors (Lipinski definition) is 5. The maximum Gasteiger partial charge on any atom is 0.333 e. The van der Waals surface area contributed by atoms with Gasteiger partial charge < -0.3 is 14.4 Å². The molecule has 0 unspecified atom stereocenters. The molecule has 1 aromatic carbocycles. The Balaban J connectivity index is 2.24. The Morgan fingerprint density at radius 3 is 2.73 bits per heavy atom. The number of aliphatic hydroxyl groups excluding tert-OH is 1. The monoisotopic (exact) mass is 354 g/mol. The van der Waals surface area contributed by atoms with Gasteiger partial charge in [0.15, 0.2) is 11.2 Å². The van der Waals surface area contributed by atoms with Gasteiger partial charge in [-0.25, -0.2) is 14.3 Å². The van der Waals surface area contributed by atoms with E-state index in [-0.39, 0.29) is 25.4 Å². The van der Waals surface area contributed by atoms with Crippen LogP contribution < -0.4 is 16.0 Å². The molecule has 0 saturated heterocycles.